The van der Waals surface area contributed by atoms with Crippen LogP contribution in [0, 0.1) is 0 Å². The zero-order chi connectivity index (χ0) is 10.4. The van der Waals surface area contributed by atoms with Gasteiger partial charge in [-0.25, -0.2) is 0 Å². The number of allylic oxidation sites excluding steroid dienone is 1. The first-order valence-electron chi connectivity index (χ1n) is 4.68. The zero-order valence-electron chi connectivity index (χ0n) is 8.86. The fraction of sp³-hybridized carbons (Fsp3) is 0.333. The molecule has 0 aliphatic carbocycles. The molecular weight excluding hydrogens is 176 g/mol. The van der Waals surface area contributed by atoms with Crippen LogP contribution in [0.25, 0.3) is 0 Å². The third kappa shape index (κ3) is 2.89. The fourth-order valence-corrected chi connectivity index (χ4v) is 1.09. The maximum Gasteiger partial charge on any atom is 0.134 e. The predicted octanol–water partition coefficient (Wildman–Crippen LogP) is 3.40. The number of hydrogen-bond acceptors (Lipinski definition) is 2. The van der Waals surface area contributed by atoms with Gasteiger partial charge in [0.25, 0.3) is 0 Å². The van der Waals surface area contributed by atoms with E-state index >= 15 is 0 Å². The average molecular weight is 192 g/mol. The Kier molecular flexibility index (Phi) is 3.72. The minimum absolute atomic E-state index is 0.430. The van der Waals surface area contributed by atoms with Crippen LogP contribution in [0.15, 0.2) is 42.7 Å². The van der Waals surface area contributed by atoms with Crippen LogP contribution >= 0.6 is 0 Å². The average Bonchev–Trinajstić information content (AvgIpc) is 2.19. The van der Waals surface area contributed by atoms with Crippen LogP contribution < -0.4 is 0 Å². The van der Waals surface area contributed by atoms with E-state index < -0.39 is 5.60 Å². The second kappa shape index (κ2) is 4.82. The van der Waals surface area contributed by atoms with E-state index in [1.807, 2.05) is 51.1 Å². The summed E-state index contributed by atoms with van der Waals surface area (Å²) in [6.07, 6.45) is 3.30. The normalized spacial score (nSPS) is 11.9. The molecule has 2 nitrogen and oxygen atoms in total. The van der Waals surface area contributed by atoms with Gasteiger partial charge in [0.05, 0.1) is 0 Å². The topological polar surface area (TPSA) is 18.5 Å². The molecule has 0 aliphatic heterocycles. The molecule has 0 aromatic heterocycles. The molecule has 0 radical (unpaired) electrons. The molecule has 0 amide bonds. The van der Waals surface area contributed by atoms with Crippen molar-refractivity contribution in [3.63, 3.8) is 0 Å². The quantitative estimate of drug-likeness (QED) is 0.413. The lowest BCUT2D eigenvalue weighted by Gasteiger charge is -2.22. The minimum Gasteiger partial charge on any atom is -0.345 e. The van der Waals surface area contributed by atoms with Crippen LogP contribution in [-0.2, 0) is 15.4 Å². The highest BCUT2D eigenvalue weighted by atomic mass is 17.2. The van der Waals surface area contributed by atoms with Crippen molar-refractivity contribution in [3.8, 4) is 0 Å². The minimum atomic E-state index is -0.430. The number of benzene rings is 1. The molecule has 0 bridgehead atoms. The Bertz CT molecular complexity index is 288. The van der Waals surface area contributed by atoms with Crippen molar-refractivity contribution >= 4 is 0 Å². The van der Waals surface area contributed by atoms with Crippen LogP contribution in [0.3, 0.4) is 0 Å². The van der Waals surface area contributed by atoms with Crippen molar-refractivity contribution < 1.29 is 9.78 Å². The van der Waals surface area contributed by atoms with Crippen LogP contribution in [0.4, 0.5) is 0 Å². The fourth-order valence-electron chi connectivity index (χ4n) is 1.09. The lowest BCUT2D eigenvalue weighted by atomic mass is 9.99. The molecule has 0 aliphatic rings. The summed E-state index contributed by atoms with van der Waals surface area (Å²) in [6.45, 7) is 5.80. The summed E-state index contributed by atoms with van der Waals surface area (Å²) in [5, 5.41) is 0. The van der Waals surface area contributed by atoms with Gasteiger partial charge in [0, 0.05) is 0 Å². The Morgan fingerprint density at radius 3 is 2.36 bits per heavy atom. The predicted molar refractivity (Wildman–Crippen MR) is 56.5 cm³/mol. The smallest absolute Gasteiger partial charge is 0.134 e. The van der Waals surface area contributed by atoms with Crippen LogP contribution in [0.2, 0.25) is 0 Å². The van der Waals surface area contributed by atoms with Gasteiger partial charge in [0.1, 0.15) is 11.9 Å². The number of hydrogen-bond donors (Lipinski definition) is 0. The van der Waals surface area contributed by atoms with E-state index in [-0.39, 0.29) is 0 Å². The van der Waals surface area contributed by atoms with Gasteiger partial charge in [-0.2, -0.15) is 4.89 Å². The maximum absolute atomic E-state index is 5.27. The van der Waals surface area contributed by atoms with E-state index in [0.717, 1.165) is 5.56 Å². The molecule has 0 fully saturated rings. The summed E-state index contributed by atoms with van der Waals surface area (Å²) in [4.78, 5) is 10.2. The van der Waals surface area contributed by atoms with Crippen LogP contribution in [0.5, 0.6) is 0 Å². The molecule has 0 N–H and O–H groups in total. The van der Waals surface area contributed by atoms with Crippen molar-refractivity contribution in [3.05, 3.63) is 48.2 Å². The SMILES string of the molecule is CC=COOC(C)(C)c1ccccc1. The van der Waals surface area contributed by atoms with Gasteiger partial charge in [-0.1, -0.05) is 30.3 Å². The van der Waals surface area contributed by atoms with Crippen molar-refractivity contribution in [2.75, 3.05) is 0 Å². The molecule has 0 spiro atoms. The largest absolute Gasteiger partial charge is 0.345 e. The maximum atomic E-state index is 5.27. The van der Waals surface area contributed by atoms with Gasteiger partial charge >= 0.3 is 0 Å². The van der Waals surface area contributed by atoms with Gasteiger partial charge < -0.3 is 4.89 Å². The van der Waals surface area contributed by atoms with Gasteiger partial charge in [0.15, 0.2) is 0 Å². The Hall–Kier alpha value is -1.28. The highest BCUT2D eigenvalue weighted by Crippen LogP contribution is 2.24. The number of rotatable bonds is 4. The standard InChI is InChI=1S/C12H16O2/c1-4-10-13-14-12(2,3)11-8-6-5-7-9-11/h4-10H,1-3H3. The molecule has 0 saturated heterocycles. The van der Waals surface area contributed by atoms with Crippen molar-refractivity contribution in [1.82, 2.24) is 0 Å². The molecule has 1 aromatic rings. The summed E-state index contributed by atoms with van der Waals surface area (Å²) < 4.78 is 0. The first-order valence-corrected chi connectivity index (χ1v) is 4.68. The molecule has 14 heavy (non-hydrogen) atoms. The van der Waals surface area contributed by atoms with E-state index in [1.165, 1.54) is 6.26 Å². The monoisotopic (exact) mass is 192 g/mol. The van der Waals surface area contributed by atoms with E-state index in [4.69, 9.17) is 9.78 Å². The third-order valence-corrected chi connectivity index (χ3v) is 1.92. The molecule has 0 saturated carbocycles. The highest BCUT2D eigenvalue weighted by Gasteiger charge is 2.22. The van der Waals surface area contributed by atoms with Gasteiger partial charge in [0.2, 0.25) is 0 Å². The van der Waals surface area contributed by atoms with Gasteiger partial charge in [-0.05, 0) is 32.4 Å². The molecule has 1 rings (SSSR count). The third-order valence-electron chi connectivity index (χ3n) is 1.92. The summed E-state index contributed by atoms with van der Waals surface area (Å²) in [7, 11) is 0. The molecule has 1 aromatic carbocycles. The van der Waals surface area contributed by atoms with Crippen molar-refractivity contribution in [2.24, 2.45) is 0 Å². The van der Waals surface area contributed by atoms with Gasteiger partial charge in [-0.3, -0.25) is 0 Å². The molecule has 2 heteroatoms. The first kappa shape index (κ1) is 10.8. The zero-order valence-corrected chi connectivity index (χ0v) is 8.86. The second-order valence-corrected chi connectivity index (χ2v) is 3.53. The van der Waals surface area contributed by atoms with Crippen LogP contribution in [-0.4, -0.2) is 0 Å². The molecule has 76 valence electrons. The molecule has 0 heterocycles. The highest BCUT2D eigenvalue weighted by molar-refractivity contribution is 5.20. The van der Waals surface area contributed by atoms with Crippen LogP contribution in [0.1, 0.15) is 26.3 Å². The van der Waals surface area contributed by atoms with E-state index in [2.05, 4.69) is 0 Å². The first-order chi connectivity index (χ1) is 6.67. The molecule has 0 atom stereocenters. The van der Waals surface area contributed by atoms with Crippen molar-refractivity contribution in [1.29, 1.82) is 0 Å². The summed E-state index contributed by atoms with van der Waals surface area (Å²) >= 11 is 0. The van der Waals surface area contributed by atoms with E-state index in [1.54, 1.807) is 6.08 Å². The van der Waals surface area contributed by atoms with Gasteiger partial charge in [-0.15, -0.1) is 0 Å². The van der Waals surface area contributed by atoms with E-state index in [9.17, 15) is 0 Å². The van der Waals surface area contributed by atoms with Crippen molar-refractivity contribution in [2.45, 2.75) is 26.4 Å². The Morgan fingerprint density at radius 1 is 1.14 bits per heavy atom. The second-order valence-electron chi connectivity index (χ2n) is 3.53. The Morgan fingerprint density at radius 2 is 1.79 bits per heavy atom. The Labute approximate surface area is 85.1 Å². The lowest BCUT2D eigenvalue weighted by molar-refractivity contribution is -0.321. The lowest BCUT2D eigenvalue weighted by Crippen LogP contribution is -2.20. The van der Waals surface area contributed by atoms with E-state index in [0.29, 0.717) is 0 Å². The summed E-state index contributed by atoms with van der Waals surface area (Å²) in [5.74, 6) is 0. The Balaban J connectivity index is 2.65. The molecule has 0 unspecified atom stereocenters. The summed E-state index contributed by atoms with van der Waals surface area (Å²) in [6, 6.07) is 9.97. The molecular formula is C12H16O2. The summed E-state index contributed by atoms with van der Waals surface area (Å²) in [5.41, 5.74) is 0.658.